The molecule has 0 aliphatic carbocycles. The van der Waals surface area contributed by atoms with Crippen LogP contribution in [0.3, 0.4) is 0 Å². The molecule has 2 atom stereocenters. The molecule has 1 amide bonds. The van der Waals surface area contributed by atoms with Crippen molar-refractivity contribution in [2.45, 2.75) is 51.6 Å². The molecular formula is C25H29N5O. The predicted octanol–water partition coefficient (Wildman–Crippen LogP) is 4.70. The number of nitriles is 1. The summed E-state index contributed by atoms with van der Waals surface area (Å²) in [5.74, 6) is 1.36. The second-order valence-corrected chi connectivity index (χ2v) is 8.61. The van der Waals surface area contributed by atoms with Crippen LogP contribution in [0, 0.1) is 11.3 Å². The molecule has 2 unspecified atom stereocenters. The number of carbonyl (C=O) groups is 1. The smallest absolute Gasteiger partial charge is 0.241 e. The van der Waals surface area contributed by atoms with Crippen molar-refractivity contribution in [2.24, 2.45) is 0 Å². The molecule has 1 fully saturated rings. The van der Waals surface area contributed by atoms with E-state index in [0.717, 1.165) is 37.3 Å². The van der Waals surface area contributed by atoms with Gasteiger partial charge in [0.25, 0.3) is 0 Å². The molecule has 1 N–H and O–H groups in total. The Bertz CT molecular complexity index is 1130. The van der Waals surface area contributed by atoms with Crippen molar-refractivity contribution >= 4 is 22.6 Å². The first kappa shape index (κ1) is 21.1. The number of hydrogen-bond donors (Lipinski definition) is 1. The molecule has 1 aromatic heterocycles. The fraction of sp³-hybridized carbons (Fsp3) is 0.400. The van der Waals surface area contributed by atoms with Gasteiger partial charge in [0.2, 0.25) is 5.91 Å². The number of nitrogens with zero attached hydrogens (tertiary/aromatic N) is 4. The minimum Gasteiger partial charge on any atom is -0.325 e. The highest BCUT2D eigenvalue weighted by Gasteiger charge is 2.31. The maximum atomic E-state index is 12.9. The molecule has 2 aromatic carbocycles. The first-order valence-corrected chi connectivity index (χ1v) is 11.0. The largest absolute Gasteiger partial charge is 0.325 e. The second kappa shape index (κ2) is 8.91. The highest BCUT2D eigenvalue weighted by molar-refractivity contribution is 5.94. The van der Waals surface area contributed by atoms with E-state index in [-0.39, 0.29) is 11.9 Å². The van der Waals surface area contributed by atoms with Crippen LogP contribution in [0.4, 0.5) is 5.69 Å². The summed E-state index contributed by atoms with van der Waals surface area (Å²) < 4.78 is 2.35. The van der Waals surface area contributed by atoms with Crippen LogP contribution in [0.15, 0.2) is 48.5 Å². The standard InChI is InChI=1S/C25H29N5O/c1-17(2)30-23-12-5-4-11-22(23)28-24(30)20-9-7-13-29(16-20)18(3)25(31)27-21-10-6-8-19(14-21)15-26/h4-6,8,10-12,14,17-18,20H,7,9,13,16H2,1-3H3,(H,27,31). The van der Waals surface area contributed by atoms with Gasteiger partial charge in [-0.05, 0) is 70.5 Å². The number of nitrogens with one attached hydrogen (secondary N) is 1. The van der Waals surface area contributed by atoms with Crippen LogP contribution >= 0.6 is 0 Å². The third-order valence-corrected chi connectivity index (χ3v) is 6.14. The Morgan fingerprint density at radius 2 is 2.00 bits per heavy atom. The number of carbonyl (C=O) groups excluding carboxylic acids is 1. The Hall–Kier alpha value is -3.17. The summed E-state index contributed by atoms with van der Waals surface area (Å²) in [5, 5.41) is 12.0. The lowest BCUT2D eigenvalue weighted by Gasteiger charge is -2.36. The predicted molar refractivity (Wildman–Crippen MR) is 123 cm³/mol. The average Bonchev–Trinajstić information content (AvgIpc) is 3.19. The molecule has 0 spiro atoms. The number of aromatic nitrogens is 2. The second-order valence-electron chi connectivity index (χ2n) is 8.61. The highest BCUT2D eigenvalue weighted by Crippen LogP contribution is 2.32. The van der Waals surface area contributed by atoms with E-state index in [1.165, 1.54) is 5.52 Å². The van der Waals surface area contributed by atoms with Gasteiger partial charge in [-0.25, -0.2) is 4.98 Å². The lowest BCUT2D eigenvalue weighted by Crippen LogP contribution is -2.46. The molecule has 1 saturated heterocycles. The van der Waals surface area contributed by atoms with Crippen molar-refractivity contribution in [1.82, 2.24) is 14.5 Å². The van der Waals surface area contributed by atoms with Gasteiger partial charge in [-0.3, -0.25) is 9.69 Å². The normalized spacial score (nSPS) is 18.1. The quantitative estimate of drug-likeness (QED) is 0.656. The SMILES string of the molecule is CC(C(=O)Nc1cccc(C#N)c1)N1CCCC(c2nc3ccccc3n2C(C)C)C1. The fourth-order valence-electron chi connectivity index (χ4n) is 4.54. The van der Waals surface area contributed by atoms with Crippen LogP contribution < -0.4 is 5.32 Å². The average molecular weight is 416 g/mol. The summed E-state index contributed by atoms with van der Waals surface area (Å²) in [6.45, 7) is 8.05. The third-order valence-electron chi connectivity index (χ3n) is 6.14. The maximum absolute atomic E-state index is 12.9. The van der Waals surface area contributed by atoms with E-state index < -0.39 is 0 Å². The van der Waals surface area contributed by atoms with E-state index in [9.17, 15) is 4.79 Å². The Morgan fingerprint density at radius 3 is 2.77 bits per heavy atom. The zero-order chi connectivity index (χ0) is 22.0. The minimum atomic E-state index is -0.259. The topological polar surface area (TPSA) is 74.0 Å². The van der Waals surface area contributed by atoms with Crippen LogP contribution in [0.1, 0.15) is 57.0 Å². The van der Waals surface area contributed by atoms with Crippen LogP contribution in [0.5, 0.6) is 0 Å². The van der Waals surface area contributed by atoms with E-state index in [1.54, 1.807) is 18.2 Å². The number of benzene rings is 2. The van der Waals surface area contributed by atoms with Gasteiger partial charge in [0.05, 0.1) is 28.7 Å². The lowest BCUT2D eigenvalue weighted by atomic mass is 9.95. The zero-order valence-electron chi connectivity index (χ0n) is 18.4. The van der Waals surface area contributed by atoms with Crippen molar-refractivity contribution in [3.05, 3.63) is 59.9 Å². The molecule has 0 saturated carbocycles. The number of fused-ring (bicyclic) bond motifs is 1. The number of amides is 1. The molecule has 1 aliphatic rings. The van der Waals surface area contributed by atoms with Crippen molar-refractivity contribution in [2.75, 3.05) is 18.4 Å². The zero-order valence-corrected chi connectivity index (χ0v) is 18.4. The first-order chi connectivity index (χ1) is 15.0. The van der Waals surface area contributed by atoms with E-state index >= 15 is 0 Å². The van der Waals surface area contributed by atoms with Crippen molar-refractivity contribution in [3.63, 3.8) is 0 Å². The Morgan fingerprint density at radius 1 is 1.19 bits per heavy atom. The summed E-state index contributed by atoms with van der Waals surface area (Å²) >= 11 is 0. The van der Waals surface area contributed by atoms with Crippen LogP contribution in [-0.2, 0) is 4.79 Å². The minimum absolute atomic E-state index is 0.0481. The highest BCUT2D eigenvalue weighted by atomic mass is 16.2. The number of rotatable bonds is 5. The van der Waals surface area contributed by atoms with Crippen molar-refractivity contribution in [1.29, 1.82) is 5.26 Å². The number of piperidine rings is 1. The molecule has 1 aliphatic heterocycles. The molecule has 2 heterocycles. The molecule has 0 bridgehead atoms. The Balaban J connectivity index is 1.52. The van der Waals surface area contributed by atoms with Gasteiger partial charge in [0.15, 0.2) is 0 Å². The molecule has 6 heteroatoms. The van der Waals surface area contributed by atoms with E-state index in [1.807, 2.05) is 19.1 Å². The maximum Gasteiger partial charge on any atom is 0.241 e. The number of para-hydroxylation sites is 2. The van der Waals surface area contributed by atoms with Gasteiger partial charge in [0.1, 0.15) is 5.82 Å². The van der Waals surface area contributed by atoms with Gasteiger partial charge in [0, 0.05) is 24.2 Å². The Labute approximate surface area is 183 Å². The Kier molecular flexibility index (Phi) is 6.06. The monoisotopic (exact) mass is 415 g/mol. The molecule has 3 aromatic rings. The van der Waals surface area contributed by atoms with E-state index in [0.29, 0.717) is 23.2 Å². The number of imidazole rings is 1. The molecule has 0 radical (unpaired) electrons. The number of anilines is 1. The fourth-order valence-corrected chi connectivity index (χ4v) is 4.54. The number of likely N-dealkylation sites (tertiary alicyclic amines) is 1. The molecule has 4 rings (SSSR count). The first-order valence-electron chi connectivity index (χ1n) is 11.0. The van der Waals surface area contributed by atoms with E-state index in [2.05, 4.69) is 52.9 Å². The molecule has 31 heavy (non-hydrogen) atoms. The van der Waals surface area contributed by atoms with E-state index in [4.69, 9.17) is 10.2 Å². The summed E-state index contributed by atoms with van der Waals surface area (Å²) in [6, 6.07) is 17.5. The van der Waals surface area contributed by atoms with Gasteiger partial charge < -0.3 is 9.88 Å². The van der Waals surface area contributed by atoms with Gasteiger partial charge >= 0.3 is 0 Å². The summed E-state index contributed by atoms with van der Waals surface area (Å²) in [7, 11) is 0. The van der Waals surface area contributed by atoms with Crippen LogP contribution in [0.25, 0.3) is 11.0 Å². The molecule has 6 nitrogen and oxygen atoms in total. The third kappa shape index (κ3) is 4.33. The van der Waals surface area contributed by atoms with Crippen LogP contribution in [0.2, 0.25) is 0 Å². The summed E-state index contributed by atoms with van der Waals surface area (Å²) in [4.78, 5) is 20.2. The summed E-state index contributed by atoms with van der Waals surface area (Å²) in [5.41, 5.74) is 3.40. The van der Waals surface area contributed by atoms with Gasteiger partial charge in [-0.15, -0.1) is 0 Å². The van der Waals surface area contributed by atoms with Crippen LogP contribution in [-0.4, -0.2) is 39.5 Å². The van der Waals surface area contributed by atoms with Gasteiger partial charge in [-0.2, -0.15) is 5.26 Å². The molecule has 160 valence electrons. The van der Waals surface area contributed by atoms with Crippen molar-refractivity contribution < 1.29 is 4.79 Å². The number of hydrogen-bond acceptors (Lipinski definition) is 4. The van der Waals surface area contributed by atoms with Crippen molar-refractivity contribution in [3.8, 4) is 6.07 Å². The molecular weight excluding hydrogens is 386 g/mol. The van der Waals surface area contributed by atoms with Gasteiger partial charge in [-0.1, -0.05) is 18.2 Å². The summed E-state index contributed by atoms with van der Waals surface area (Å²) in [6.07, 6.45) is 2.11. The lowest BCUT2D eigenvalue weighted by molar-refractivity contribution is -0.121.